The number of likely N-dealkylation sites (tertiary alicyclic amines) is 1. The summed E-state index contributed by atoms with van der Waals surface area (Å²) in [6.07, 6.45) is 5.01. The van der Waals surface area contributed by atoms with E-state index in [1.54, 1.807) is 25.3 Å². The van der Waals surface area contributed by atoms with E-state index in [9.17, 15) is 24.0 Å². The van der Waals surface area contributed by atoms with Crippen LogP contribution < -0.4 is 10.7 Å². The highest BCUT2D eigenvalue weighted by atomic mass is 16.5. The molecule has 3 aliphatic rings. The first-order chi connectivity index (χ1) is 31.5. The predicted octanol–water partition coefficient (Wildman–Crippen LogP) is 6.65. The lowest BCUT2D eigenvalue weighted by Gasteiger charge is -2.37. The molecule has 6 bridgehead atoms. The maximum absolute atomic E-state index is 14.7. The molecule has 5 heterocycles. The summed E-state index contributed by atoms with van der Waals surface area (Å²) in [7, 11) is 3.30. The van der Waals surface area contributed by atoms with Gasteiger partial charge in [0.1, 0.15) is 18.1 Å². The minimum Gasteiger partial charge on any atom is -0.464 e. The number of amides is 4. The molecule has 2 saturated heterocycles. The number of esters is 1. The van der Waals surface area contributed by atoms with E-state index in [-0.39, 0.29) is 49.5 Å². The second kappa shape index (κ2) is 19.9. The van der Waals surface area contributed by atoms with Gasteiger partial charge in [-0.1, -0.05) is 64.6 Å². The smallest absolute Gasteiger partial charge is 0.324 e. The van der Waals surface area contributed by atoms with E-state index in [4.69, 9.17) is 14.5 Å². The zero-order valence-electron chi connectivity index (χ0n) is 40.1. The topological polar surface area (TPSA) is 155 Å². The van der Waals surface area contributed by atoms with Crippen LogP contribution in [0.3, 0.4) is 0 Å². The van der Waals surface area contributed by atoms with Gasteiger partial charge in [-0.15, -0.1) is 0 Å². The van der Waals surface area contributed by atoms with Crippen LogP contribution in [0.1, 0.15) is 90.7 Å². The second-order valence-corrected chi connectivity index (χ2v) is 19.5. The molecule has 0 saturated carbocycles. The van der Waals surface area contributed by atoms with Crippen molar-refractivity contribution < 1.29 is 33.4 Å². The number of hydrogen-bond acceptors (Lipinski definition) is 9. The average molecular weight is 902 g/mol. The third kappa shape index (κ3) is 9.81. The molecular weight excluding hydrogens is 835 g/mol. The van der Waals surface area contributed by atoms with Gasteiger partial charge in [0.2, 0.25) is 17.7 Å². The van der Waals surface area contributed by atoms with Crippen molar-refractivity contribution in [3.8, 4) is 22.4 Å². The van der Waals surface area contributed by atoms with Gasteiger partial charge in [0.25, 0.3) is 5.91 Å². The zero-order chi connectivity index (χ0) is 47.6. The van der Waals surface area contributed by atoms with Gasteiger partial charge >= 0.3 is 5.97 Å². The van der Waals surface area contributed by atoms with Gasteiger partial charge < -0.3 is 29.2 Å². The molecule has 14 heteroatoms. The van der Waals surface area contributed by atoms with E-state index in [1.807, 2.05) is 45.9 Å². The van der Waals surface area contributed by atoms with Gasteiger partial charge in [-0.25, -0.2) is 5.43 Å². The van der Waals surface area contributed by atoms with E-state index in [0.29, 0.717) is 38.8 Å². The Morgan fingerprint density at radius 1 is 1.09 bits per heavy atom. The maximum Gasteiger partial charge on any atom is 0.324 e. The summed E-state index contributed by atoms with van der Waals surface area (Å²) in [5, 5.41) is 5.58. The number of aromatic nitrogens is 2. The third-order valence-electron chi connectivity index (χ3n) is 13.7. The van der Waals surface area contributed by atoms with Crippen molar-refractivity contribution in [1.29, 1.82) is 0 Å². The van der Waals surface area contributed by atoms with Crippen molar-refractivity contribution in [2.24, 2.45) is 17.3 Å². The molecule has 0 unspecified atom stereocenters. The lowest BCUT2D eigenvalue weighted by atomic mass is 9.84. The van der Waals surface area contributed by atoms with Crippen molar-refractivity contribution >= 4 is 40.5 Å². The molecular formula is C52H67N7O7. The monoisotopic (exact) mass is 902 g/mol. The van der Waals surface area contributed by atoms with E-state index in [2.05, 4.69) is 79.1 Å². The molecule has 0 aliphatic carbocycles. The number of carbonyl (C=O) groups is 5. The number of nitrogens with zero attached hydrogens (tertiary/aromatic N) is 5. The Balaban J connectivity index is 1.29. The molecule has 2 N–H and O–H groups in total. The Bertz CT molecular complexity index is 2500. The van der Waals surface area contributed by atoms with Gasteiger partial charge in [0.15, 0.2) is 0 Å². The lowest BCUT2D eigenvalue weighted by molar-refractivity contribution is -0.155. The van der Waals surface area contributed by atoms with E-state index in [1.165, 1.54) is 16.0 Å². The maximum atomic E-state index is 14.7. The number of hydrogen-bond donors (Lipinski definition) is 2. The predicted molar refractivity (Wildman–Crippen MR) is 255 cm³/mol. The number of pyridine rings is 1. The number of methoxy groups -OCH3 is 1. The number of likely N-dealkylation sites (N-methyl/N-ethyl adjacent to an activating group) is 1. The number of cyclic esters (lactones) is 1. The van der Waals surface area contributed by atoms with Gasteiger partial charge in [-0.3, -0.25) is 34.0 Å². The van der Waals surface area contributed by atoms with Crippen LogP contribution in [0, 0.1) is 17.3 Å². The van der Waals surface area contributed by atoms with E-state index in [0.717, 1.165) is 50.1 Å². The Morgan fingerprint density at radius 3 is 2.56 bits per heavy atom. The number of benzene rings is 2. The molecule has 3 aliphatic heterocycles. The summed E-state index contributed by atoms with van der Waals surface area (Å²) in [4.78, 5) is 77.7. The summed E-state index contributed by atoms with van der Waals surface area (Å²) < 4.78 is 14.3. The number of nitrogens with one attached hydrogen (secondary N) is 2. The normalized spacial score (nSPS) is 22.1. The molecule has 14 nitrogen and oxygen atoms in total. The van der Waals surface area contributed by atoms with Crippen molar-refractivity contribution in [1.82, 2.24) is 35.1 Å². The van der Waals surface area contributed by atoms with Gasteiger partial charge in [-0.05, 0) is 105 Å². The van der Waals surface area contributed by atoms with Crippen LogP contribution in [0.2, 0.25) is 0 Å². The van der Waals surface area contributed by atoms with Gasteiger partial charge in [-0.2, -0.15) is 0 Å². The number of hydrazine groups is 1. The summed E-state index contributed by atoms with van der Waals surface area (Å²) in [6, 6.07) is 15.7. The van der Waals surface area contributed by atoms with E-state index < -0.39 is 47.2 Å². The molecule has 4 aromatic rings. The highest BCUT2D eigenvalue weighted by Gasteiger charge is 2.42. The molecule has 66 heavy (non-hydrogen) atoms. The third-order valence-corrected chi connectivity index (χ3v) is 13.7. The zero-order valence-corrected chi connectivity index (χ0v) is 40.1. The summed E-state index contributed by atoms with van der Waals surface area (Å²) >= 11 is 0. The summed E-state index contributed by atoms with van der Waals surface area (Å²) in [5.74, 6) is -2.60. The Kier molecular flexibility index (Phi) is 14.5. The Labute approximate surface area is 389 Å². The number of aryl methyl sites for hydroxylation is 1. The molecule has 4 amide bonds. The van der Waals surface area contributed by atoms with Crippen LogP contribution in [0.15, 0.2) is 73.4 Å². The van der Waals surface area contributed by atoms with E-state index >= 15 is 0 Å². The first-order valence-electron chi connectivity index (χ1n) is 23.4. The van der Waals surface area contributed by atoms with Crippen molar-refractivity contribution in [3.63, 3.8) is 0 Å². The largest absolute Gasteiger partial charge is 0.464 e. The fourth-order valence-corrected chi connectivity index (χ4v) is 10.2. The SMILES string of the molecule is C=CC(=O)N1C[C@@H](C(=O)N(C)[C@H](C(=O)N[C@H]2Cc3cccc(c3)-c3ccc4c(c3)c(c(-c3cccnc3[C@H](C)OC)n4CC)CC(C)(C)COC(=O)[C@@H]3CCCN(N3)C2=O)C(C)C)C[C@@H]1C. The van der Waals surface area contributed by atoms with Gasteiger partial charge in [0, 0.05) is 74.3 Å². The lowest BCUT2D eigenvalue weighted by Crippen LogP contribution is -2.62. The number of ether oxygens (including phenoxy) is 2. The standard InChI is InChI=1S/C52H67N7O7/c1-11-44(60)58-29-37(24-32(58)5)49(62)56(9)46(31(3)4)48(61)54-42-26-34-16-13-17-35(25-34)36-20-21-43-39(27-36)40(47(57(43)12-2)38-18-14-22-53-45(38)33(6)65-10)28-52(7,8)30-66-51(64)41-19-15-23-59(55-41)50(42)63/h11,13-14,16-18,20-22,25,27,31-33,37,41-42,46,55H,1,12,15,19,23-24,26,28-30H2,2-10H3,(H,54,61)/t32-,33-,37-,41-,42-,46-/m0/s1. The minimum absolute atomic E-state index is 0.135. The fourth-order valence-electron chi connectivity index (χ4n) is 10.2. The Morgan fingerprint density at radius 2 is 1.85 bits per heavy atom. The quantitative estimate of drug-likeness (QED) is 0.132. The molecule has 0 spiro atoms. The summed E-state index contributed by atoms with van der Waals surface area (Å²) in [6.45, 7) is 19.0. The van der Waals surface area contributed by atoms with Crippen molar-refractivity contribution in [3.05, 3.63) is 90.3 Å². The number of carbonyl (C=O) groups excluding carboxylic acids is 5. The number of rotatable bonds is 10. The molecule has 7 rings (SSSR count). The van der Waals surface area contributed by atoms with Gasteiger partial charge in [0.05, 0.1) is 30.0 Å². The summed E-state index contributed by atoms with van der Waals surface area (Å²) in [5.41, 5.74) is 10.5. The molecule has 2 fully saturated rings. The minimum atomic E-state index is -1.05. The second-order valence-electron chi connectivity index (χ2n) is 19.5. The van der Waals surface area contributed by atoms with Crippen LogP contribution in [0.25, 0.3) is 33.3 Å². The Hall–Kier alpha value is -5.86. The van der Waals surface area contributed by atoms with Crippen LogP contribution in [-0.4, -0.2) is 112 Å². The van der Waals surface area contributed by atoms with Crippen molar-refractivity contribution in [2.75, 3.05) is 33.9 Å². The molecule has 352 valence electrons. The average Bonchev–Trinajstić information content (AvgIpc) is 3.85. The van der Waals surface area contributed by atoms with Crippen LogP contribution in [0.5, 0.6) is 0 Å². The molecule has 6 atom stereocenters. The fraction of sp³-hybridized carbons (Fsp3) is 0.500. The number of fused-ring (bicyclic) bond motifs is 6. The first-order valence-corrected chi connectivity index (χ1v) is 23.4. The molecule has 0 radical (unpaired) electrons. The highest BCUT2D eigenvalue weighted by Crippen LogP contribution is 2.42. The highest BCUT2D eigenvalue weighted by molar-refractivity contribution is 5.96. The van der Waals surface area contributed by atoms with Crippen LogP contribution in [-0.2, 0) is 52.8 Å². The molecule has 2 aromatic carbocycles. The first kappa shape index (κ1) is 48.1. The van der Waals surface area contributed by atoms with Crippen LogP contribution in [0.4, 0.5) is 0 Å². The van der Waals surface area contributed by atoms with Crippen LogP contribution >= 0.6 is 0 Å². The van der Waals surface area contributed by atoms with Crippen molar-refractivity contribution in [2.45, 2.75) is 117 Å². The molecule has 2 aromatic heterocycles.